The fourth-order valence-electron chi connectivity index (χ4n) is 3.65. The third-order valence-electron chi connectivity index (χ3n) is 5.47. The van der Waals surface area contributed by atoms with E-state index in [1.54, 1.807) is 23.7 Å². The van der Waals surface area contributed by atoms with Crippen LogP contribution in [0.25, 0.3) is 0 Å². The maximum absolute atomic E-state index is 13.1. The minimum absolute atomic E-state index is 0.0946. The van der Waals surface area contributed by atoms with Gasteiger partial charge in [-0.1, -0.05) is 42.8 Å². The molecule has 2 amide bonds. The highest BCUT2D eigenvalue weighted by Gasteiger charge is 2.36. The highest BCUT2D eigenvalue weighted by atomic mass is 16.5. The SMILES string of the molecule is O=C(NO)c1ccc2c(c1)OCC(c1ccccc1)N(C(=O)C1CCC1)C2. The number of nitrogens with zero attached hydrogens (tertiary/aromatic N) is 1. The summed E-state index contributed by atoms with van der Waals surface area (Å²) in [5, 5.41) is 8.85. The fraction of sp³-hybridized carbons (Fsp3) is 0.333. The zero-order valence-corrected chi connectivity index (χ0v) is 14.9. The summed E-state index contributed by atoms with van der Waals surface area (Å²) in [6.07, 6.45) is 2.99. The first-order valence-corrected chi connectivity index (χ1v) is 9.23. The Kier molecular flexibility index (Phi) is 4.81. The summed E-state index contributed by atoms with van der Waals surface area (Å²) in [6.45, 7) is 0.755. The molecule has 1 fully saturated rings. The van der Waals surface area contributed by atoms with Crippen molar-refractivity contribution in [2.24, 2.45) is 5.92 Å². The third kappa shape index (κ3) is 3.40. The molecule has 1 atom stereocenters. The average Bonchev–Trinajstić information content (AvgIpc) is 2.85. The minimum atomic E-state index is -0.590. The first-order chi connectivity index (χ1) is 13.2. The lowest BCUT2D eigenvalue weighted by Crippen LogP contribution is -2.41. The van der Waals surface area contributed by atoms with Crippen molar-refractivity contribution in [1.82, 2.24) is 10.4 Å². The van der Waals surface area contributed by atoms with Crippen LogP contribution >= 0.6 is 0 Å². The highest BCUT2D eigenvalue weighted by Crippen LogP contribution is 2.36. The van der Waals surface area contributed by atoms with Gasteiger partial charge in [-0.25, -0.2) is 5.48 Å². The number of ether oxygens (including phenoxy) is 1. The number of amides is 2. The quantitative estimate of drug-likeness (QED) is 0.646. The molecular formula is C21H22N2O4. The molecule has 140 valence electrons. The number of carbonyl (C=O) groups is 2. The molecule has 4 rings (SSSR count). The Labute approximate surface area is 157 Å². The van der Waals surface area contributed by atoms with Crippen molar-refractivity contribution in [3.05, 3.63) is 65.2 Å². The van der Waals surface area contributed by atoms with Gasteiger partial charge in [-0.2, -0.15) is 0 Å². The van der Waals surface area contributed by atoms with Gasteiger partial charge in [0.15, 0.2) is 0 Å². The number of benzene rings is 2. The Morgan fingerprint density at radius 1 is 1.11 bits per heavy atom. The van der Waals surface area contributed by atoms with Gasteiger partial charge in [0.2, 0.25) is 5.91 Å². The van der Waals surface area contributed by atoms with E-state index in [1.165, 1.54) is 0 Å². The van der Waals surface area contributed by atoms with E-state index in [0.717, 1.165) is 30.4 Å². The van der Waals surface area contributed by atoms with Crippen molar-refractivity contribution in [1.29, 1.82) is 0 Å². The second kappa shape index (κ2) is 7.40. The molecule has 6 heteroatoms. The monoisotopic (exact) mass is 366 g/mol. The number of hydrogen-bond donors (Lipinski definition) is 2. The zero-order chi connectivity index (χ0) is 18.8. The highest BCUT2D eigenvalue weighted by molar-refractivity contribution is 5.93. The molecular weight excluding hydrogens is 344 g/mol. The molecule has 6 nitrogen and oxygen atoms in total. The molecule has 2 aromatic rings. The number of carbonyl (C=O) groups excluding carboxylic acids is 2. The molecule has 0 saturated heterocycles. The van der Waals surface area contributed by atoms with Crippen LogP contribution in [0.3, 0.4) is 0 Å². The standard InChI is InChI=1S/C21H22N2O4/c24-20(22-26)16-9-10-17-12-23(21(25)15-7-4-8-15)18(13-27-19(17)11-16)14-5-2-1-3-6-14/h1-3,5-6,9-11,15,18,26H,4,7-8,12-13H2,(H,22,24). The summed E-state index contributed by atoms with van der Waals surface area (Å²) in [5.74, 6) is 0.245. The topological polar surface area (TPSA) is 78.9 Å². The van der Waals surface area contributed by atoms with Gasteiger partial charge in [0.1, 0.15) is 12.4 Å². The molecule has 1 heterocycles. The molecule has 0 spiro atoms. The van der Waals surface area contributed by atoms with Crippen LogP contribution in [0.1, 0.15) is 46.8 Å². The Hall–Kier alpha value is -2.86. The molecule has 0 aromatic heterocycles. The predicted octanol–water partition coefficient (Wildman–Crippen LogP) is 3.07. The second-order valence-electron chi connectivity index (χ2n) is 7.09. The summed E-state index contributed by atoms with van der Waals surface area (Å²) < 4.78 is 6.01. The lowest BCUT2D eigenvalue weighted by atomic mass is 9.83. The number of fused-ring (bicyclic) bond motifs is 1. The van der Waals surface area contributed by atoms with Crippen LogP contribution in [0.4, 0.5) is 0 Å². The van der Waals surface area contributed by atoms with Crippen molar-refractivity contribution in [2.75, 3.05) is 6.61 Å². The maximum atomic E-state index is 13.1. The van der Waals surface area contributed by atoms with Crippen molar-refractivity contribution >= 4 is 11.8 Å². The van der Waals surface area contributed by atoms with E-state index in [0.29, 0.717) is 24.5 Å². The van der Waals surface area contributed by atoms with Crippen LogP contribution in [-0.2, 0) is 11.3 Å². The number of nitrogens with one attached hydrogen (secondary N) is 1. The Bertz CT molecular complexity index is 849. The number of hydrogen-bond acceptors (Lipinski definition) is 4. The van der Waals surface area contributed by atoms with E-state index in [9.17, 15) is 9.59 Å². The molecule has 2 N–H and O–H groups in total. The van der Waals surface area contributed by atoms with E-state index in [4.69, 9.17) is 9.94 Å². The van der Waals surface area contributed by atoms with Crippen LogP contribution in [0.2, 0.25) is 0 Å². The normalized spacial score (nSPS) is 19.3. The third-order valence-corrected chi connectivity index (χ3v) is 5.47. The van der Waals surface area contributed by atoms with Gasteiger partial charge < -0.3 is 9.64 Å². The fourth-order valence-corrected chi connectivity index (χ4v) is 3.65. The number of rotatable bonds is 3. The molecule has 0 radical (unpaired) electrons. The van der Waals surface area contributed by atoms with Crippen LogP contribution in [0, 0.1) is 5.92 Å². The number of hydroxylamine groups is 1. The van der Waals surface area contributed by atoms with Crippen LogP contribution in [0.5, 0.6) is 5.75 Å². The summed E-state index contributed by atoms with van der Waals surface area (Å²) >= 11 is 0. The van der Waals surface area contributed by atoms with Crippen LogP contribution in [0.15, 0.2) is 48.5 Å². The molecule has 1 aliphatic carbocycles. The van der Waals surface area contributed by atoms with Crippen molar-refractivity contribution in [2.45, 2.75) is 31.8 Å². The largest absolute Gasteiger partial charge is 0.491 e. The Morgan fingerprint density at radius 3 is 2.56 bits per heavy atom. The van der Waals surface area contributed by atoms with E-state index in [1.807, 2.05) is 35.2 Å². The first-order valence-electron chi connectivity index (χ1n) is 9.23. The Morgan fingerprint density at radius 2 is 1.89 bits per heavy atom. The summed E-state index contributed by atoms with van der Waals surface area (Å²) in [7, 11) is 0. The van der Waals surface area contributed by atoms with E-state index >= 15 is 0 Å². The van der Waals surface area contributed by atoms with Gasteiger partial charge in [0, 0.05) is 17.0 Å². The van der Waals surface area contributed by atoms with Gasteiger partial charge >= 0.3 is 0 Å². The summed E-state index contributed by atoms with van der Waals surface area (Å²) in [5.41, 5.74) is 3.84. The van der Waals surface area contributed by atoms with Crippen LogP contribution in [-0.4, -0.2) is 28.5 Å². The zero-order valence-electron chi connectivity index (χ0n) is 14.9. The maximum Gasteiger partial charge on any atom is 0.274 e. The summed E-state index contributed by atoms with van der Waals surface area (Å²) in [4.78, 5) is 26.7. The van der Waals surface area contributed by atoms with Crippen molar-refractivity contribution < 1.29 is 19.5 Å². The molecule has 2 aromatic carbocycles. The lowest BCUT2D eigenvalue weighted by molar-refractivity contribution is -0.142. The van der Waals surface area contributed by atoms with Gasteiger partial charge in [-0.15, -0.1) is 0 Å². The van der Waals surface area contributed by atoms with Crippen molar-refractivity contribution in [3.8, 4) is 5.75 Å². The molecule has 1 saturated carbocycles. The smallest absolute Gasteiger partial charge is 0.274 e. The molecule has 0 bridgehead atoms. The first kappa shape index (κ1) is 17.5. The minimum Gasteiger partial charge on any atom is -0.491 e. The Balaban J connectivity index is 1.69. The molecule has 27 heavy (non-hydrogen) atoms. The van der Waals surface area contributed by atoms with E-state index in [2.05, 4.69) is 0 Å². The molecule has 2 aliphatic rings. The predicted molar refractivity (Wildman–Crippen MR) is 98.3 cm³/mol. The summed E-state index contributed by atoms with van der Waals surface area (Å²) in [6, 6.07) is 14.7. The lowest BCUT2D eigenvalue weighted by Gasteiger charge is -2.35. The van der Waals surface area contributed by atoms with Crippen molar-refractivity contribution in [3.63, 3.8) is 0 Å². The van der Waals surface area contributed by atoms with Gasteiger partial charge in [-0.05, 0) is 30.5 Å². The van der Waals surface area contributed by atoms with E-state index in [-0.39, 0.29) is 17.9 Å². The van der Waals surface area contributed by atoms with E-state index < -0.39 is 5.91 Å². The van der Waals surface area contributed by atoms with Gasteiger partial charge in [-0.3, -0.25) is 14.8 Å². The molecule has 1 aliphatic heterocycles. The van der Waals surface area contributed by atoms with Gasteiger partial charge in [0.05, 0.1) is 12.6 Å². The average molecular weight is 366 g/mol. The van der Waals surface area contributed by atoms with Gasteiger partial charge in [0.25, 0.3) is 5.91 Å². The molecule has 1 unspecified atom stereocenters. The van der Waals surface area contributed by atoms with Crippen LogP contribution < -0.4 is 10.2 Å². The second-order valence-corrected chi connectivity index (χ2v) is 7.09.